The molecule has 0 aromatic heterocycles. The molecule has 0 spiro atoms. The molecule has 0 aliphatic heterocycles. The van der Waals surface area contributed by atoms with Gasteiger partial charge in [0.1, 0.15) is 0 Å². The average molecular weight is 210 g/mol. The summed E-state index contributed by atoms with van der Waals surface area (Å²) in [7, 11) is 0.925. The standard InChI is InChI=1S/C3H10OSi.K.H2O3S/c1-2-3(4)5;;1-4(2)3/h3-4H,2H2,1,5H3;;(H2,1,2,3)/q;+1;/p-1. The van der Waals surface area contributed by atoms with Crippen molar-refractivity contribution >= 4 is 21.6 Å². The van der Waals surface area contributed by atoms with Crippen molar-refractivity contribution < 1.29 is 69.8 Å². The molecule has 0 aliphatic rings. The summed E-state index contributed by atoms with van der Waals surface area (Å²) in [6.07, 6.45) is 0.923. The fourth-order valence-corrected chi connectivity index (χ4v) is 0. The van der Waals surface area contributed by atoms with Gasteiger partial charge in [0.15, 0.2) is 0 Å². The van der Waals surface area contributed by atoms with Crippen molar-refractivity contribution in [2.24, 2.45) is 0 Å². The van der Waals surface area contributed by atoms with Gasteiger partial charge in [-0.3, -0.25) is 0 Å². The molecule has 4 nitrogen and oxygen atoms in total. The summed E-state index contributed by atoms with van der Waals surface area (Å²) in [5, 5.41) is 8.42. The second-order valence-corrected chi connectivity index (χ2v) is 3.24. The number of aliphatic hydroxyl groups excluding tert-OH is 1. The van der Waals surface area contributed by atoms with Crippen LogP contribution in [0, 0.1) is 0 Å². The maximum Gasteiger partial charge on any atom is 1.00 e. The van der Waals surface area contributed by atoms with Gasteiger partial charge in [0.2, 0.25) is 0 Å². The molecule has 7 heteroatoms. The van der Waals surface area contributed by atoms with E-state index in [0.29, 0.717) is 0 Å². The van der Waals surface area contributed by atoms with E-state index in [4.69, 9.17) is 18.4 Å². The zero-order valence-electron chi connectivity index (χ0n) is 6.40. The summed E-state index contributed by atoms with van der Waals surface area (Å²) in [5.41, 5.74) is 0.0231. The van der Waals surface area contributed by atoms with Crippen molar-refractivity contribution in [3.63, 3.8) is 0 Å². The molecular weight excluding hydrogens is 199 g/mol. The summed E-state index contributed by atoms with van der Waals surface area (Å²) in [4.78, 5) is 0. The van der Waals surface area contributed by atoms with Crippen LogP contribution in [0.15, 0.2) is 0 Å². The van der Waals surface area contributed by atoms with E-state index in [1.54, 1.807) is 0 Å². The first-order valence-electron chi connectivity index (χ1n) is 2.47. The maximum absolute atomic E-state index is 8.56. The van der Waals surface area contributed by atoms with E-state index in [-0.39, 0.29) is 57.1 Å². The summed E-state index contributed by atoms with van der Waals surface area (Å²) in [5.74, 6) is 0. The fraction of sp³-hybridized carbons (Fsp3) is 1.00. The second-order valence-electron chi connectivity index (χ2n) is 1.47. The van der Waals surface area contributed by atoms with Gasteiger partial charge in [0.05, 0.1) is 11.4 Å². The van der Waals surface area contributed by atoms with Crippen molar-refractivity contribution in [3.05, 3.63) is 0 Å². The molecule has 10 heavy (non-hydrogen) atoms. The van der Waals surface area contributed by atoms with Gasteiger partial charge < -0.3 is 14.2 Å². The Morgan fingerprint density at radius 1 is 1.80 bits per heavy atom. The van der Waals surface area contributed by atoms with Gasteiger partial charge in [-0.15, -0.1) is 0 Å². The van der Waals surface area contributed by atoms with Gasteiger partial charge in [-0.05, 0) is 6.42 Å². The van der Waals surface area contributed by atoms with Crippen LogP contribution in [0.5, 0.6) is 0 Å². The molecule has 0 aromatic rings. The van der Waals surface area contributed by atoms with Crippen LogP contribution in [0.3, 0.4) is 0 Å². The molecule has 0 rings (SSSR count). The summed E-state index contributed by atoms with van der Waals surface area (Å²) < 4.78 is 24.1. The Bertz CT molecular complexity index is 76.9. The Morgan fingerprint density at radius 2 is 1.90 bits per heavy atom. The van der Waals surface area contributed by atoms with E-state index in [1.807, 2.05) is 6.92 Å². The SMILES string of the molecule is CCC(O)[SiH3].O=S([O-])O.[K+]. The number of aliphatic hydroxyl groups is 1. The number of hydrogen-bond donors (Lipinski definition) is 2. The van der Waals surface area contributed by atoms with Crippen molar-refractivity contribution in [2.75, 3.05) is 0 Å². The minimum absolute atomic E-state index is 0. The molecule has 0 bridgehead atoms. The largest absolute Gasteiger partial charge is 1.00 e. The fourth-order valence-electron chi connectivity index (χ4n) is 0. The number of rotatable bonds is 1. The monoisotopic (exact) mass is 210 g/mol. The van der Waals surface area contributed by atoms with Crippen molar-refractivity contribution in [3.8, 4) is 0 Å². The van der Waals surface area contributed by atoms with Crippen molar-refractivity contribution in [1.29, 1.82) is 0 Å². The molecule has 0 aromatic carbocycles. The molecule has 0 heterocycles. The molecule has 0 radical (unpaired) electrons. The van der Waals surface area contributed by atoms with Crippen LogP contribution in [0.2, 0.25) is 0 Å². The van der Waals surface area contributed by atoms with Gasteiger partial charge in [-0.25, -0.2) is 4.21 Å². The van der Waals surface area contributed by atoms with Crippen LogP contribution in [0.4, 0.5) is 0 Å². The van der Waals surface area contributed by atoms with E-state index in [2.05, 4.69) is 0 Å². The third kappa shape index (κ3) is 51.7. The van der Waals surface area contributed by atoms with E-state index in [9.17, 15) is 0 Å². The minimum Gasteiger partial charge on any atom is -0.750 e. The molecule has 0 fully saturated rings. The van der Waals surface area contributed by atoms with Crippen LogP contribution in [0.25, 0.3) is 0 Å². The van der Waals surface area contributed by atoms with E-state index in [1.165, 1.54) is 0 Å². The van der Waals surface area contributed by atoms with E-state index < -0.39 is 11.4 Å². The first-order valence-corrected chi connectivity index (χ1v) is 4.65. The zero-order valence-corrected chi connectivity index (χ0v) is 12.3. The molecule has 0 aliphatic carbocycles. The topological polar surface area (TPSA) is 80.6 Å². The second kappa shape index (κ2) is 13.5. The first kappa shape index (κ1) is 17.8. The Labute approximate surface area is 109 Å². The third-order valence-corrected chi connectivity index (χ3v) is 1.41. The summed E-state index contributed by atoms with van der Waals surface area (Å²) in [6.45, 7) is 1.98. The van der Waals surface area contributed by atoms with Gasteiger partial charge in [-0.1, -0.05) is 6.92 Å². The minimum atomic E-state index is -2.86. The summed E-state index contributed by atoms with van der Waals surface area (Å²) >= 11 is -2.86. The summed E-state index contributed by atoms with van der Waals surface area (Å²) in [6, 6.07) is 0. The van der Waals surface area contributed by atoms with Crippen molar-refractivity contribution in [1.82, 2.24) is 0 Å². The molecule has 2 unspecified atom stereocenters. The normalized spacial score (nSPS) is 14.0. The van der Waals surface area contributed by atoms with Gasteiger partial charge in [-0.2, -0.15) is 0 Å². The Kier molecular flexibility index (Phi) is 24.0. The van der Waals surface area contributed by atoms with Crippen LogP contribution >= 0.6 is 0 Å². The Hall–Kier alpha value is 1.88. The Balaban J connectivity index is -0.0000000910. The van der Waals surface area contributed by atoms with Crippen LogP contribution in [0.1, 0.15) is 13.3 Å². The average Bonchev–Trinajstić information content (AvgIpc) is 1.65. The molecule has 2 atom stereocenters. The third-order valence-electron chi connectivity index (χ3n) is 0.591. The molecular formula is C3H11KO4SSi. The number of hydrogen-bond acceptors (Lipinski definition) is 3. The van der Waals surface area contributed by atoms with Crippen molar-refractivity contribution in [2.45, 2.75) is 19.1 Å². The molecule has 0 amide bonds. The molecule has 0 saturated carbocycles. The molecule has 2 N–H and O–H groups in total. The smallest absolute Gasteiger partial charge is 0.750 e. The van der Waals surface area contributed by atoms with Crippen LogP contribution in [-0.4, -0.2) is 34.4 Å². The van der Waals surface area contributed by atoms with Crippen LogP contribution < -0.4 is 51.4 Å². The molecule has 0 saturated heterocycles. The van der Waals surface area contributed by atoms with E-state index >= 15 is 0 Å². The van der Waals surface area contributed by atoms with Gasteiger partial charge >= 0.3 is 51.4 Å². The van der Waals surface area contributed by atoms with Gasteiger partial charge in [0, 0.05) is 16.0 Å². The quantitative estimate of drug-likeness (QED) is 0.337. The predicted molar refractivity (Wildman–Crippen MR) is 37.8 cm³/mol. The zero-order chi connectivity index (χ0) is 7.86. The Morgan fingerprint density at radius 3 is 1.90 bits per heavy atom. The predicted octanol–water partition coefficient (Wildman–Crippen LogP) is -4.58. The maximum atomic E-state index is 8.56. The van der Waals surface area contributed by atoms with Crippen LogP contribution in [-0.2, 0) is 11.4 Å². The molecule has 58 valence electrons. The van der Waals surface area contributed by atoms with Gasteiger partial charge in [0.25, 0.3) is 0 Å². The van der Waals surface area contributed by atoms with E-state index in [0.717, 1.165) is 16.7 Å². The first-order chi connectivity index (χ1) is 4.00.